The first kappa shape index (κ1) is 20.6. The molecular weight excluding hydrogens is 299 g/mol. The number of Topliss-reactive ketones (excluding diaryl/α,β-unsaturated/α-hetero) is 1. The van der Waals surface area contributed by atoms with E-state index in [0.717, 1.165) is 36.8 Å². The van der Waals surface area contributed by atoms with Crippen molar-refractivity contribution in [1.82, 2.24) is 0 Å². The topological polar surface area (TPSA) is 17.1 Å². The van der Waals surface area contributed by atoms with Crippen molar-refractivity contribution < 1.29 is 9.18 Å². The smallest absolute Gasteiger partial charge is 0.139 e. The summed E-state index contributed by atoms with van der Waals surface area (Å²) >= 11 is 0. The van der Waals surface area contributed by atoms with Crippen LogP contribution in [0.15, 0.2) is 23.8 Å². The molecule has 0 spiro atoms. The predicted molar refractivity (Wildman–Crippen MR) is 102 cm³/mol. The molecule has 0 aliphatic heterocycles. The molecule has 134 valence electrons. The maximum absolute atomic E-state index is 13.7. The quantitative estimate of drug-likeness (QED) is 0.471. The Morgan fingerprint density at radius 3 is 2.25 bits per heavy atom. The van der Waals surface area contributed by atoms with Crippen LogP contribution in [0.5, 0.6) is 0 Å². The highest BCUT2D eigenvalue weighted by Crippen LogP contribution is 2.29. The molecule has 1 nitrogen and oxygen atoms in total. The normalized spacial score (nSPS) is 12.2. The third kappa shape index (κ3) is 6.22. The largest absolute Gasteiger partial charge is 0.299 e. The van der Waals surface area contributed by atoms with Gasteiger partial charge < -0.3 is 0 Å². The summed E-state index contributed by atoms with van der Waals surface area (Å²) in [5, 5.41) is 0. The fourth-order valence-corrected chi connectivity index (χ4v) is 3.10. The molecule has 24 heavy (non-hydrogen) atoms. The Hall–Kier alpha value is -1.44. The summed E-state index contributed by atoms with van der Waals surface area (Å²) in [5.41, 5.74) is 2.96. The van der Waals surface area contributed by atoms with Crippen molar-refractivity contribution in [1.29, 1.82) is 0 Å². The zero-order chi connectivity index (χ0) is 18.1. The minimum atomic E-state index is -0.145. The van der Waals surface area contributed by atoms with Crippen molar-refractivity contribution in [3.63, 3.8) is 0 Å². The van der Waals surface area contributed by atoms with Gasteiger partial charge in [-0.25, -0.2) is 4.39 Å². The average molecular weight is 333 g/mol. The Morgan fingerprint density at radius 1 is 1.12 bits per heavy atom. The van der Waals surface area contributed by atoms with Gasteiger partial charge in [-0.3, -0.25) is 4.79 Å². The zero-order valence-electron chi connectivity index (χ0n) is 16.0. The molecule has 0 N–H and O–H groups in total. The van der Waals surface area contributed by atoms with Crippen molar-refractivity contribution >= 4 is 11.9 Å². The lowest BCUT2D eigenvalue weighted by atomic mass is 9.84. The second kappa shape index (κ2) is 10.4. The summed E-state index contributed by atoms with van der Waals surface area (Å²) in [6, 6.07) is 5.29. The number of allylic oxidation sites excluding steroid dienone is 1. The Balaban J connectivity index is 3.20. The number of carbonyl (C=O) groups excluding carboxylic acids is 1. The minimum absolute atomic E-state index is 0.0525. The van der Waals surface area contributed by atoms with Crippen molar-refractivity contribution in [2.45, 2.75) is 73.1 Å². The summed E-state index contributed by atoms with van der Waals surface area (Å²) in [7, 11) is 0. The van der Waals surface area contributed by atoms with Crippen LogP contribution in [0.4, 0.5) is 4.39 Å². The molecule has 2 heteroatoms. The molecule has 0 atom stereocenters. The van der Waals surface area contributed by atoms with E-state index in [1.165, 1.54) is 5.57 Å². The maximum Gasteiger partial charge on any atom is 0.139 e. The number of carbonyl (C=O) groups is 1. The van der Waals surface area contributed by atoms with Crippen LogP contribution in [0.25, 0.3) is 6.08 Å². The van der Waals surface area contributed by atoms with Crippen LogP contribution in [-0.4, -0.2) is 5.78 Å². The van der Waals surface area contributed by atoms with Crippen molar-refractivity contribution in [3.8, 4) is 0 Å². The van der Waals surface area contributed by atoms with E-state index in [1.54, 1.807) is 6.07 Å². The van der Waals surface area contributed by atoms with Gasteiger partial charge in [-0.2, -0.15) is 0 Å². The van der Waals surface area contributed by atoms with Crippen molar-refractivity contribution in [2.75, 3.05) is 0 Å². The SMILES string of the molecule is CCCC(CCC)/C(=C\c1ccc(F)c(CC)c1)CC(=O)C(C)C. The van der Waals surface area contributed by atoms with Crippen LogP contribution in [0.2, 0.25) is 0 Å². The highest BCUT2D eigenvalue weighted by Gasteiger charge is 2.18. The van der Waals surface area contributed by atoms with Crippen molar-refractivity contribution in [3.05, 3.63) is 40.7 Å². The van der Waals surface area contributed by atoms with Crippen LogP contribution in [0, 0.1) is 17.7 Å². The molecule has 1 aromatic carbocycles. The first-order valence-electron chi connectivity index (χ1n) is 9.44. The first-order chi connectivity index (χ1) is 11.4. The molecule has 0 saturated carbocycles. The second-order valence-electron chi connectivity index (χ2n) is 7.00. The van der Waals surface area contributed by atoms with Crippen LogP contribution >= 0.6 is 0 Å². The molecule has 0 unspecified atom stereocenters. The number of benzene rings is 1. The molecule has 0 amide bonds. The number of hydrogen-bond donors (Lipinski definition) is 0. The third-order valence-corrected chi connectivity index (χ3v) is 4.62. The standard InChI is InChI=1S/C22H33FO/c1-6-9-19(10-7-2)20(15-22(24)16(4)5)14-17-11-12-21(23)18(8-3)13-17/h11-14,16,19H,6-10,15H2,1-5H3/b20-14-. The number of rotatable bonds is 10. The average Bonchev–Trinajstić information content (AvgIpc) is 2.55. The van der Waals surface area contributed by atoms with Gasteiger partial charge in [0.25, 0.3) is 0 Å². The number of aryl methyl sites for hydroxylation is 1. The van der Waals surface area contributed by atoms with Gasteiger partial charge in [-0.15, -0.1) is 0 Å². The fraction of sp³-hybridized carbons (Fsp3) is 0.591. The first-order valence-corrected chi connectivity index (χ1v) is 9.44. The highest BCUT2D eigenvalue weighted by atomic mass is 19.1. The van der Waals surface area contributed by atoms with Crippen LogP contribution < -0.4 is 0 Å². The van der Waals surface area contributed by atoms with Gasteiger partial charge in [0.15, 0.2) is 0 Å². The molecular formula is C22H33FO. The van der Waals surface area contributed by atoms with Gasteiger partial charge in [0.05, 0.1) is 0 Å². The van der Waals surface area contributed by atoms with E-state index in [2.05, 4.69) is 19.9 Å². The fourth-order valence-electron chi connectivity index (χ4n) is 3.10. The van der Waals surface area contributed by atoms with E-state index < -0.39 is 0 Å². The van der Waals surface area contributed by atoms with Gasteiger partial charge in [0, 0.05) is 12.3 Å². The molecule has 0 fully saturated rings. The Labute approximate surface area is 147 Å². The lowest BCUT2D eigenvalue weighted by Crippen LogP contribution is -2.13. The molecule has 0 radical (unpaired) electrons. The number of halogens is 1. The third-order valence-electron chi connectivity index (χ3n) is 4.62. The zero-order valence-corrected chi connectivity index (χ0v) is 16.0. The van der Waals surface area contributed by atoms with Gasteiger partial charge in [-0.1, -0.05) is 65.2 Å². The van der Waals surface area contributed by atoms with Gasteiger partial charge in [0.2, 0.25) is 0 Å². The Morgan fingerprint density at radius 2 is 1.75 bits per heavy atom. The predicted octanol–water partition coefficient (Wildman–Crippen LogP) is 6.60. The molecule has 0 saturated heterocycles. The monoisotopic (exact) mass is 332 g/mol. The van der Waals surface area contributed by atoms with E-state index >= 15 is 0 Å². The molecule has 1 aromatic rings. The molecule has 1 rings (SSSR count). The summed E-state index contributed by atoms with van der Waals surface area (Å²) in [4.78, 5) is 12.3. The Kier molecular flexibility index (Phi) is 8.95. The summed E-state index contributed by atoms with van der Waals surface area (Å²) < 4.78 is 13.7. The van der Waals surface area contributed by atoms with Crippen LogP contribution in [0.1, 0.15) is 77.8 Å². The van der Waals surface area contributed by atoms with E-state index in [9.17, 15) is 9.18 Å². The van der Waals surface area contributed by atoms with E-state index in [-0.39, 0.29) is 17.5 Å². The summed E-state index contributed by atoms with van der Waals surface area (Å²) in [6.07, 6.45) is 7.76. The van der Waals surface area contributed by atoms with Gasteiger partial charge in [0.1, 0.15) is 11.6 Å². The molecule has 0 aromatic heterocycles. The summed E-state index contributed by atoms with van der Waals surface area (Å²) in [6.45, 7) is 10.3. The van der Waals surface area contributed by atoms with Gasteiger partial charge >= 0.3 is 0 Å². The molecule has 0 aliphatic carbocycles. The van der Waals surface area contributed by atoms with Gasteiger partial charge in [-0.05, 0) is 48.4 Å². The van der Waals surface area contributed by atoms with E-state index in [0.29, 0.717) is 18.8 Å². The van der Waals surface area contributed by atoms with Crippen LogP contribution in [-0.2, 0) is 11.2 Å². The number of hydrogen-bond acceptors (Lipinski definition) is 1. The van der Waals surface area contributed by atoms with Crippen molar-refractivity contribution in [2.24, 2.45) is 11.8 Å². The maximum atomic E-state index is 13.7. The van der Waals surface area contributed by atoms with E-state index in [4.69, 9.17) is 0 Å². The minimum Gasteiger partial charge on any atom is -0.299 e. The second-order valence-corrected chi connectivity index (χ2v) is 7.00. The lowest BCUT2D eigenvalue weighted by molar-refractivity contribution is -0.121. The number of ketones is 1. The lowest BCUT2D eigenvalue weighted by Gasteiger charge is -2.20. The van der Waals surface area contributed by atoms with Crippen LogP contribution in [0.3, 0.4) is 0 Å². The molecule has 0 aliphatic rings. The molecule has 0 heterocycles. The summed E-state index contributed by atoms with van der Waals surface area (Å²) in [5.74, 6) is 0.638. The van der Waals surface area contributed by atoms with E-state index in [1.807, 2.05) is 32.9 Å². The highest BCUT2D eigenvalue weighted by molar-refractivity contribution is 5.84. The Bertz CT molecular complexity index is 551. The molecule has 0 bridgehead atoms.